The first kappa shape index (κ1) is 22.6. The van der Waals surface area contributed by atoms with Gasteiger partial charge in [0.15, 0.2) is 0 Å². The van der Waals surface area contributed by atoms with Crippen LogP contribution in [0.5, 0.6) is 0 Å². The number of sulfonamides is 1. The second kappa shape index (κ2) is 8.56. The molecule has 0 bridgehead atoms. The van der Waals surface area contributed by atoms with Gasteiger partial charge in [0.25, 0.3) is 0 Å². The molecular weight excluding hydrogens is 441 g/mol. The van der Waals surface area contributed by atoms with Crippen molar-refractivity contribution in [1.29, 1.82) is 0 Å². The predicted molar refractivity (Wildman–Crippen MR) is 107 cm³/mol. The van der Waals surface area contributed by atoms with Gasteiger partial charge in [-0.3, -0.25) is 4.79 Å². The predicted octanol–water partition coefficient (Wildman–Crippen LogP) is 3.88. The lowest BCUT2D eigenvalue weighted by molar-refractivity contribution is -0.137. The first-order valence-electron chi connectivity index (χ1n) is 9.22. The van der Waals surface area contributed by atoms with Crippen LogP contribution in [-0.2, 0) is 26.4 Å². The largest absolute Gasteiger partial charge is 0.417 e. The summed E-state index contributed by atoms with van der Waals surface area (Å²) in [4.78, 5) is 11.5. The van der Waals surface area contributed by atoms with Gasteiger partial charge in [0.1, 0.15) is 0 Å². The van der Waals surface area contributed by atoms with Crippen LogP contribution in [0.3, 0.4) is 0 Å². The molecule has 1 aliphatic carbocycles. The van der Waals surface area contributed by atoms with Crippen LogP contribution >= 0.6 is 11.6 Å². The zero-order valence-corrected chi connectivity index (χ0v) is 17.4. The van der Waals surface area contributed by atoms with Crippen molar-refractivity contribution >= 4 is 27.5 Å². The smallest absolute Gasteiger partial charge is 0.355 e. The fourth-order valence-electron chi connectivity index (χ4n) is 3.14. The fraction of sp³-hybridized carbons (Fsp3) is 0.350. The molecule has 1 aliphatic rings. The van der Waals surface area contributed by atoms with Gasteiger partial charge in [-0.15, -0.1) is 0 Å². The SMILES string of the molecule is O=C(CCNS(=O)(=O)c1ccc(Cl)c(C(F)(F)F)c1)NCC1(c2ccccc2)CC1. The van der Waals surface area contributed by atoms with E-state index in [1.54, 1.807) is 0 Å². The second-order valence-corrected chi connectivity index (χ2v) is 9.38. The summed E-state index contributed by atoms with van der Waals surface area (Å²) in [7, 11) is -4.22. The van der Waals surface area contributed by atoms with Gasteiger partial charge >= 0.3 is 6.18 Å². The standard InChI is InChI=1S/C20H20ClF3N2O3S/c21-17-7-6-15(12-16(17)20(22,23)24)30(28,29)26-11-8-18(27)25-13-19(9-10-19)14-4-2-1-3-5-14/h1-7,12,26H,8-11,13H2,(H,25,27). The minimum Gasteiger partial charge on any atom is -0.355 e. The normalized spacial score (nSPS) is 15.6. The third-order valence-electron chi connectivity index (χ3n) is 5.06. The molecule has 0 atom stereocenters. The van der Waals surface area contributed by atoms with Crippen LogP contribution in [0.2, 0.25) is 5.02 Å². The Morgan fingerprint density at radius 1 is 1.10 bits per heavy atom. The van der Waals surface area contributed by atoms with Crippen molar-refractivity contribution in [3.8, 4) is 0 Å². The number of carbonyl (C=O) groups is 1. The van der Waals surface area contributed by atoms with Crippen LogP contribution in [0, 0.1) is 0 Å². The molecule has 0 aromatic heterocycles. The van der Waals surface area contributed by atoms with Gasteiger partial charge in [-0.05, 0) is 36.6 Å². The molecule has 5 nitrogen and oxygen atoms in total. The lowest BCUT2D eigenvalue weighted by Crippen LogP contribution is -2.35. The van der Waals surface area contributed by atoms with Gasteiger partial charge < -0.3 is 5.32 Å². The molecule has 0 saturated heterocycles. The van der Waals surface area contributed by atoms with Crippen LogP contribution in [-0.4, -0.2) is 27.4 Å². The zero-order chi connectivity index (χ0) is 22.0. The highest BCUT2D eigenvalue weighted by Gasteiger charge is 2.44. The van der Waals surface area contributed by atoms with Crippen LogP contribution in [0.1, 0.15) is 30.4 Å². The van der Waals surface area contributed by atoms with E-state index in [0.29, 0.717) is 12.6 Å². The Morgan fingerprint density at radius 2 is 1.77 bits per heavy atom. The first-order chi connectivity index (χ1) is 14.0. The molecule has 0 heterocycles. The maximum absolute atomic E-state index is 12.9. The number of amides is 1. The summed E-state index contributed by atoms with van der Waals surface area (Å²) in [5.74, 6) is -0.341. The van der Waals surface area contributed by atoms with Crippen molar-refractivity contribution in [2.45, 2.75) is 35.7 Å². The van der Waals surface area contributed by atoms with E-state index in [2.05, 4.69) is 10.0 Å². The topological polar surface area (TPSA) is 75.3 Å². The Hall–Kier alpha value is -2.10. The molecule has 3 rings (SSSR count). The highest BCUT2D eigenvalue weighted by atomic mass is 35.5. The van der Waals surface area contributed by atoms with Gasteiger partial charge in [-0.25, -0.2) is 13.1 Å². The molecule has 10 heteroatoms. The highest BCUT2D eigenvalue weighted by molar-refractivity contribution is 7.89. The summed E-state index contributed by atoms with van der Waals surface area (Å²) in [6.45, 7) is 0.213. The van der Waals surface area contributed by atoms with E-state index in [-0.39, 0.29) is 24.3 Å². The van der Waals surface area contributed by atoms with Crippen molar-refractivity contribution < 1.29 is 26.4 Å². The van der Waals surface area contributed by atoms with Crippen LogP contribution in [0.15, 0.2) is 53.4 Å². The van der Waals surface area contributed by atoms with E-state index < -0.39 is 31.7 Å². The number of nitrogens with one attached hydrogen (secondary N) is 2. The van der Waals surface area contributed by atoms with Gasteiger partial charge in [0.05, 0.1) is 15.5 Å². The van der Waals surface area contributed by atoms with Crippen LogP contribution < -0.4 is 10.0 Å². The molecule has 2 aromatic rings. The van der Waals surface area contributed by atoms with E-state index in [1.165, 1.54) is 0 Å². The highest BCUT2D eigenvalue weighted by Crippen LogP contribution is 2.47. The van der Waals surface area contributed by atoms with E-state index in [1.807, 2.05) is 30.3 Å². The number of alkyl halides is 3. The molecule has 2 aromatic carbocycles. The Labute approximate surface area is 177 Å². The maximum Gasteiger partial charge on any atom is 0.417 e. The average molecular weight is 461 g/mol. The minimum atomic E-state index is -4.78. The summed E-state index contributed by atoms with van der Waals surface area (Å²) < 4.78 is 65.5. The third kappa shape index (κ3) is 5.33. The Balaban J connectivity index is 1.53. The summed E-state index contributed by atoms with van der Waals surface area (Å²) >= 11 is 5.51. The fourth-order valence-corrected chi connectivity index (χ4v) is 4.42. The summed E-state index contributed by atoms with van der Waals surface area (Å²) in [6.07, 6.45) is -2.99. The quantitative estimate of drug-likeness (QED) is 0.628. The maximum atomic E-state index is 12.9. The number of benzene rings is 2. The molecule has 0 radical (unpaired) electrons. The minimum absolute atomic E-state index is 0.0757. The number of hydrogen-bond donors (Lipinski definition) is 2. The van der Waals surface area contributed by atoms with Crippen LogP contribution in [0.25, 0.3) is 0 Å². The molecule has 1 amide bonds. The first-order valence-corrected chi connectivity index (χ1v) is 11.1. The average Bonchev–Trinajstić information content (AvgIpc) is 3.47. The molecular formula is C20H20ClF3N2O3S. The lowest BCUT2D eigenvalue weighted by atomic mass is 9.96. The van der Waals surface area contributed by atoms with E-state index >= 15 is 0 Å². The number of halogens is 4. The molecule has 1 fully saturated rings. The van der Waals surface area contributed by atoms with Crippen molar-refractivity contribution in [1.82, 2.24) is 10.0 Å². The van der Waals surface area contributed by atoms with Gasteiger partial charge in [-0.2, -0.15) is 13.2 Å². The monoisotopic (exact) mass is 460 g/mol. The summed E-state index contributed by atoms with van der Waals surface area (Å²) in [5, 5.41) is 2.22. The lowest BCUT2D eigenvalue weighted by Gasteiger charge is -2.16. The van der Waals surface area contributed by atoms with Crippen molar-refractivity contribution in [2.75, 3.05) is 13.1 Å². The molecule has 30 heavy (non-hydrogen) atoms. The molecule has 1 saturated carbocycles. The van der Waals surface area contributed by atoms with Gasteiger partial charge in [-0.1, -0.05) is 41.9 Å². The molecule has 0 spiro atoms. The Kier molecular flexibility index (Phi) is 6.45. The zero-order valence-electron chi connectivity index (χ0n) is 15.8. The Bertz CT molecular complexity index is 1020. The molecule has 162 valence electrons. The molecule has 2 N–H and O–H groups in total. The van der Waals surface area contributed by atoms with Gasteiger partial charge in [0, 0.05) is 24.9 Å². The van der Waals surface area contributed by atoms with Crippen molar-refractivity contribution in [3.63, 3.8) is 0 Å². The number of hydrogen-bond acceptors (Lipinski definition) is 3. The summed E-state index contributed by atoms with van der Waals surface area (Å²) in [6, 6.07) is 12.1. The van der Waals surface area contributed by atoms with Gasteiger partial charge in [0.2, 0.25) is 15.9 Å². The van der Waals surface area contributed by atoms with Crippen LogP contribution in [0.4, 0.5) is 13.2 Å². The second-order valence-electron chi connectivity index (χ2n) is 7.21. The number of rotatable bonds is 8. The van der Waals surface area contributed by atoms with E-state index in [0.717, 1.165) is 30.5 Å². The van der Waals surface area contributed by atoms with Crippen molar-refractivity contribution in [3.05, 3.63) is 64.7 Å². The Morgan fingerprint density at radius 3 is 2.37 bits per heavy atom. The van der Waals surface area contributed by atoms with E-state index in [4.69, 9.17) is 11.6 Å². The molecule has 0 aliphatic heterocycles. The third-order valence-corrected chi connectivity index (χ3v) is 6.85. The van der Waals surface area contributed by atoms with Crippen molar-refractivity contribution in [2.24, 2.45) is 0 Å². The summed E-state index contributed by atoms with van der Waals surface area (Å²) in [5.41, 5.74) is -0.164. The molecule has 0 unspecified atom stereocenters. The number of carbonyl (C=O) groups excluding carboxylic acids is 1. The van der Waals surface area contributed by atoms with E-state index in [9.17, 15) is 26.4 Å².